The molecule has 1 aromatic heterocycles. The lowest BCUT2D eigenvalue weighted by molar-refractivity contribution is 0.268. The molecular formula is C14H26N4O2S. The van der Waals surface area contributed by atoms with Crippen molar-refractivity contribution < 1.29 is 8.42 Å². The molecule has 0 saturated heterocycles. The minimum absolute atomic E-state index is 0.187. The number of aromatic nitrogens is 1. The lowest BCUT2D eigenvalue weighted by Crippen LogP contribution is -2.29. The third-order valence-electron chi connectivity index (χ3n) is 3.45. The van der Waals surface area contributed by atoms with Crippen LogP contribution in [0.15, 0.2) is 23.4 Å². The molecule has 0 bridgehead atoms. The van der Waals surface area contributed by atoms with Crippen LogP contribution in [0.3, 0.4) is 0 Å². The van der Waals surface area contributed by atoms with E-state index in [1.165, 1.54) is 6.20 Å². The summed E-state index contributed by atoms with van der Waals surface area (Å²) < 4.78 is 27.1. The number of pyridine rings is 1. The highest BCUT2D eigenvalue weighted by Gasteiger charge is 2.17. The third kappa shape index (κ3) is 5.61. The third-order valence-corrected chi connectivity index (χ3v) is 4.94. The normalized spacial score (nSPS) is 12.1. The molecule has 0 saturated carbocycles. The summed E-state index contributed by atoms with van der Waals surface area (Å²) in [7, 11) is 0.255. The maximum atomic E-state index is 12.2. The first kappa shape index (κ1) is 17.9. The summed E-state index contributed by atoms with van der Waals surface area (Å²) in [5.41, 5.74) is 0.553. The van der Waals surface area contributed by atoms with Gasteiger partial charge in [-0.15, -0.1) is 0 Å². The Morgan fingerprint density at radius 2 is 2.05 bits per heavy atom. The second kappa shape index (κ2) is 8.31. The number of sulfonamides is 1. The number of unbranched alkanes of at least 4 members (excludes halogenated alkanes) is 1. The zero-order valence-corrected chi connectivity index (χ0v) is 14.1. The zero-order valence-electron chi connectivity index (χ0n) is 13.3. The van der Waals surface area contributed by atoms with Crippen LogP contribution in [-0.2, 0) is 10.0 Å². The molecule has 0 aliphatic heterocycles. The Kier molecular flexibility index (Phi) is 7.07. The monoisotopic (exact) mass is 314 g/mol. The molecule has 6 nitrogen and oxygen atoms in total. The van der Waals surface area contributed by atoms with Gasteiger partial charge in [0.15, 0.2) is 0 Å². The number of nitrogens with zero attached hydrogens (tertiary/aromatic N) is 2. The number of nitrogens with one attached hydrogen (secondary N) is 2. The Morgan fingerprint density at radius 1 is 1.33 bits per heavy atom. The van der Waals surface area contributed by atoms with Gasteiger partial charge in [-0.05, 0) is 46.3 Å². The van der Waals surface area contributed by atoms with Crippen LogP contribution in [0.25, 0.3) is 0 Å². The van der Waals surface area contributed by atoms with Crippen molar-refractivity contribution in [3.8, 4) is 0 Å². The highest BCUT2D eigenvalue weighted by molar-refractivity contribution is 7.89. The summed E-state index contributed by atoms with van der Waals surface area (Å²) >= 11 is 0. The van der Waals surface area contributed by atoms with E-state index >= 15 is 0 Å². The molecule has 0 fully saturated rings. The van der Waals surface area contributed by atoms with E-state index in [2.05, 4.69) is 40.8 Å². The van der Waals surface area contributed by atoms with Crippen molar-refractivity contribution in [2.75, 3.05) is 32.5 Å². The summed E-state index contributed by atoms with van der Waals surface area (Å²) in [5.74, 6) is 0. The number of rotatable bonds is 9. The quantitative estimate of drug-likeness (QED) is 0.676. The second-order valence-corrected chi connectivity index (χ2v) is 7.04. The van der Waals surface area contributed by atoms with Crippen LogP contribution in [0, 0.1) is 0 Å². The van der Waals surface area contributed by atoms with Crippen LogP contribution in [-0.4, -0.2) is 51.5 Å². The van der Waals surface area contributed by atoms with Gasteiger partial charge in [-0.3, -0.25) is 4.98 Å². The van der Waals surface area contributed by atoms with Crippen molar-refractivity contribution in [3.63, 3.8) is 0 Å². The molecule has 0 aliphatic rings. The molecule has 1 heterocycles. The van der Waals surface area contributed by atoms with Crippen molar-refractivity contribution in [3.05, 3.63) is 18.5 Å². The largest absolute Gasteiger partial charge is 0.387 e. The van der Waals surface area contributed by atoms with E-state index in [-0.39, 0.29) is 4.90 Å². The van der Waals surface area contributed by atoms with Gasteiger partial charge in [0.05, 0.1) is 5.69 Å². The van der Waals surface area contributed by atoms with Crippen molar-refractivity contribution in [1.29, 1.82) is 0 Å². The second-order valence-electron chi connectivity index (χ2n) is 5.30. The van der Waals surface area contributed by atoms with E-state index in [1.54, 1.807) is 19.3 Å². The molecule has 1 rings (SSSR count). The van der Waals surface area contributed by atoms with Gasteiger partial charge >= 0.3 is 0 Å². The van der Waals surface area contributed by atoms with Crippen LogP contribution in [0.4, 0.5) is 5.69 Å². The molecule has 21 heavy (non-hydrogen) atoms. The highest BCUT2D eigenvalue weighted by Crippen LogP contribution is 2.18. The molecule has 0 aliphatic carbocycles. The molecule has 2 N–H and O–H groups in total. The predicted octanol–water partition coefficient (Wildman–Crippen LogP) is 1.52. The Balaban J connectivity index is 2.47. The summed E-state index contributed by atoms with van der Waals surface area (Å²) in [4.78, 5) is 6.31. The van der Waals surface area contributed by atoms with E-state index in [0.717, 1.165) is 19.4 Å². The molecule has 0 unspecified atom stereocenters. The van der Waals surface area contributed by atoms with E-state index < -0.39 is 10.0 Å². The first-order chi connectivity index (χ1) is 9.88. The molecule has 1 aromatic rings. The first-order valence-corrected chi connectivity index (χ1v) is 8.68. The van der Waals surface area contributed by atoms with E-state index in [0.29, 0.717) is 18.3 Å². The fourth-order valence-electron chi connectivity index (χ4n) is 1.83. The molecule has 0 spiro atoms. The highest BCUT2D eigenvalue weighted by atomic mass is 32.2. The van der Waals surface area contributed by atoms with E-state index in [9.17, 15) is 8.42 Å². The lowest BCUT2D eigenvalue weighted by Gasteiger charge is -2.20. The molecule has 120 valence electrons. The van der Waals surface area contributed by atoms with Crippen LogP contribution < -0.4 is 10.0 Å². The average molecular weight is 314 g/mol. The lowest BCUT2D eigenvalue weighted by atomic mass is 10.2. The topological polar surface area (TPSA) is 74.3 Å². The molecular weight excluding hydrogens is 288 g/mol. The van der Waals surface area contributed by atoms with Crippen molar-refractivity contribution >= 4 is 15.7 Å². The van der Waals surface area contributed by atoms with E-state index in [4.69, 9.17) is 0 Å². The minimum atomic E-state index is -3.51. The van der Waals surface area contributed by atoms with Crippen molar-refractivity contribution in [2.24, 2.45) is 0 Å². The van der Waals surface area contributed by atoms with Crippen molar-refractivity contribution in [2.45, 2.75) is 37.6 Å². The number of hydrogen-bond donors (Lipinski definition) is 2. The van der Waals surface area contributed by atoms with E-state index in [1.807, 2.05) is 0 Å². The fourth-order valence-corrected chi connectivity index (χ4v) is 3.06. The van der Waals surface area contributed by atoms with Gasteiger partial charge < -0.3 is 10.2 Å². The summed E-state index contributed by atoms with van der Waals surface area (Å²) in [6.45, 7) is 5.69. The van der Waals surface area contributed by atoms with Gasteiger partial charge in [-0.1, -0.05) is 0 Å². The maximum Gasteiger partial charge on any atom is 0.244 e. The summed E-state index contributed by atoms with van der Waals surface area (Å²) in [5, 5.41) is 2.86. The SMILES string of the molecule is CNc1ccncc1S(=O)(=O)NCCCCN(C)C(C)C. The van der Waals surface area contributed by atoms with Gasteiger partial charge in [0.2, 0.25) is 10.0 Å². The number of anilines is 1. The minimum Gasteiger partial charge on any atom is -0.387 e. The first-order valence-electron chi connectivity index (χ1n) is 7.20. The van der Waals surface area contributed by atoms with Crippen LogP contribution in [0.2, 0.25) is 0 Å². The maximum absolute atomic E-state index is 12.2. The predicted molar refractivity (Wildman–Crippen MR) is 86.0 cm³/mol. The van der Waals surface area contributed by atoms with Gasteiger partial charge in [-0.25, -0.2) is 13.1 Å². The average Bonchev–Trinajstić information content (AvgIpc) is 2.46. The van der Waals surface area contributed by atoms with Gasteiger partial charge in [-0.2, -0.15) is 0 Å². The van der Waals surface area contributed by atoms with Crippen LogP contribution >= 0.6 is 0 Å². The Hall–Kier alpha value is -1.18. The van der Waals surface area contributed by atoms with Gasteiger partial charge in [0.1, 0.15) is 4.90 Å². The van der Waals surface area contributed by atoms with Crippen LogP contribution in [0.5, 0.6) is 0 Å². The molecule has 0 atom stereocenters. The molecule has 7 heteroatoms. The van der Waals surface area contributed by atoms with Gasteiger partial charge in [0, 0.05) is 32.0 Å². The Labute approximate surface area is 128 Å². The molecule has 0 radical (unpaired) electrons. The Morgan fingerprint density at radius 3 is 2.67 bits per heavy atom. The van der Waals surface area contributed by atoms with Gasteiger partial charge in [0.25, 0.3) is 0 Å². The Bertz CT molecular complexity index is 532. The van der Waals surface area contributed by atoms with Crippen molar-refractivity contribution in [1.82, 2.24) is 14.6 Å². The number of hydrogen-bond acceptors (Lipinski definition) is 5. The molecule has 0 aromatic carbocycles. The molecule has 0 amide bonds. The summed E-state index contributed by atoms with van der Waals surface area (Å²) in [6, 6.07) is 2.15. The zero-order chi connectivity index (χ0) is 15.9. The van der Waals surface area contributed by atoms with Crippen LogP contribution in [0.1, 0.15) is 26.7 Å². The fraction of sp³-hybridized carbons (Fsp3) is 0.643. The summed E-state index contributed by atoms with van der Waals surface area (Å²) in [6.07, 6.45) is 4.70. The standard InChI is InChI=1S/C14H26N4O2S/c1-12(2)18(4)10-6-5-8-17-21(19,20)14-11-16-9-7-13(14)15-3/h7,9,11-12,17H,5-6,8,10H2,1-4H3,(H,15,16). The smallest absolute Gasteiger partial charge is 0.244 e.